The molecular weight excluding hydrogens is 361 g/mol. The van der Waals surface area contributed by atoms with Crippen LogP contribution in [0.15, 0.2) is 25.2 Å². The summed E-state index contributed by atoms with van der Waals surface area (Å²) in [5.74, 6) is 0.416. The van der Waals surface area contributed by atoms with Crippen LogP contribution in [-0.4, -0.2) is 26.7 Å². The number of aromatic nitrogens is 3. The molecule has 0 saturated carbocycles. The van der Waals surface area contributed by atoms with Crippen LogP contribution in [0.25, 0.3) is 11.0 Å². The molecule has 0 fully saturated rings. The first-order chi connectivity index (χ1) is 9.02. The molecule has 2 aromatic heterocycles. The zero-order valence-electron chi connectivity index (χ0n) is 9.91. The number of anilines is 1. The number of carbonyl (C=O) groups excluding carboxylic acids is 1. The lowest BCUT2D eigenvalue weighted by Crippen LogP contribution is -2.25. The molecule has 1 unspecified atom stereocenters. The van der Waals surface area contributed by atoms with Crippen LogP contribution in [0, 0.1) is 3.57 Å². The molecule has 0 saturated heterocycles. The van der Waals surface area contributed by atoms with E-state index in [4.69, 9.17) is 16.2 Å². The minimum atomic E-state index is -0.842. The van der Waals surface area contributed by atoms with Crippen molar-refractivity contribution in [2.75, 3.05) is 5.73 Å². The Hall–Kier alpha value is -1.84. The van der Waals surface area contributed by atoms with E-state index in [0.717, 1.165) is 8.96 Å². The van der Waals surface area contributed by atoms with Crippen molar-refractivity contribution in [3.05, 3.63) is 28.7 Å². The number of hydrogen-bond acceptors (Lipinski definition) is 5. The monoisotopic (exact) mass is 373 g/mol. The average molecular weight is 373 g/mol. The van der Waals surface area contributed by atoms with Gasteiger partial charge in [-0.3, -0.25) is 0 Å². The van der Waals surface area contributed by atoms with E-state index in [9.17, 15) is 4.79 Å². The highest BCUT2D eigenvalue weighted by Crippen LogP contribution is 2.25. The van der Waals surface area contributed by atoms with Gasteiger partial charge in [0.25, 0.3) is 0 Å². The molecule has 8 heteroatoms. The van der Waals surface area contributed by atoms with Gasteiger partial charge < -0.3 is 20.8 Å². The summed E-state index contributed by atoms with van der Waals surface area (Å²) in [5, 5.41) is 0.782. The third-order valence-corrected chi connectivity index (χ3v) is 3.36. The summed E-state index contributed by atoms with van der Waals surface area (Å²) in [6, 6.07) is 0. The molecular formula is C11H12IN5O2. The Morgan fingerprint density at radius 2 is 2.37 bits per heavy atom. The van der Waals surface area contributed by atoms with Gasteiger partial charge in [-0.15, -0.1) is 0 Å². The molecule has 0 aliphatic heterocycles. The molecule has 0 aliphatic carbocycles. The van der Waals surface area contributed by atoms with Crippen molar-refractivity contribution < 1.29 is 9.53 Å². The van der Waals surface area contributed by atoms with E-state index in [0.29, 0.717) is 18.0 Å². The normalized spacial score (nSPS) is 12.3. The minimum Gasteiger partial charge on any atom is -0.440 e. The fourth-order valence-corrected chi connectivity index (χ4v) is 2.59. The first kappa shape index (κ1) is 13.6. The fourth-order valence-electron chi connectivity index (χ4n) is 1.74. The van der Waals surface area contributed by atoms with Crippen LogP contribution < -0.4 is 11.5 Å². The van der Waals surface area contributed by atoms with Gasteiger partial charge in [0, 0.05) is 9.77 Å². The van der Waals surface area contributed by atoms with E-state index in [1.165, 1.54) is 12.4 Å². The molecule has 0 radical (unpaired) electrons. The van der Waals surface area contributed by atoms with Crippen LogP contribution in [0.2, 0.25) is 0 Å². The third kappa shape index (κ3) is 2.78. The molecule has 100 valence electrons. The number of amides is 1. The molecule has 0 aromatic carbocycles. The second-order valence-electron chi connectivity index (χ2n) is 3.80. The van der Waals surface area contributed by atoms with Gasteiger partial charge in [0.05, 0.1) is 11.9 Å². The largest absolute Gasteiger partial charge is 0.440 e. The Bertz CT molecular complexity index is 639. The number of carbonyl (C=O) groups is 1. The van der Waals surface area contributed by atoms with Gasteiger partial charge >= 0.3 is 6.09 Å². The van der Waals surface area contributed by atoms with Gasteiger partial charge in [0.15, 0.2) is 0 Å². The van der Waals surface area contributed by atoms with Gasteiger partial charge in [-0.1, -0.05) is 6.58 Å². The smallest absolute Gasteiger partial charge is 0.405 e. The molecule has 0 spiro atoms. The van der Waals surface area contributed by atoms with Crippen LogP contribution in [0.3, 0.4) is 0 Å². The molecule has 7 nitrogen and oxygen atoms in total. The number of nitrogens with zero attached hydrogens (tertiary/aromatic N) is 3. The van der Waals surface area contributed by atoms with Gasteiger partial charge in [-0.25, -0.2) is 14.8 Å². The highest BCUT2D eigenvalue weighted by Gasteiger charge is 2.15. The summed E-state index contributed by atoms with van der Waals surface area (Å²) in [6.45, 7) is 3.97. The third-order valence-electron chi connectivity index (χ3n) is 2.54. The maximum Gasteiger partial charge on any atom is 0.405 e. The van der Waals surface area contributed by atoms with Crippen LogP contribution >= 0.6 is 22.6 Å². The highest BCUT2D eigenvalue weighted by molar-refractivity contribution is 14.1. The van der Waals surface area contributed by atoms with Crippen molar-refractivity contribution >= 4 is 45.5 Å². The van der Waals surface area contributed by atoms with Crippen LogP contribution in [-0.2, 0) is 11.3 Å². The summed E-state index contributed by atoms with van der Waals surface area (Å²) in [4.78, 5) is 18.9. The summed E-state index contributed by atoms with van der Waals surface area (Å²) in [7, 11) is 0. The van der Waals surface area contributed by atoms with Gasteiger partial charge in [-0.05, 0) is 28.7 Å². The number of halogens is 1. The van der Waals surface area contributed by atoms with Crippen LogP contribution in [0.4, 0.5) is 10.6 Å². The summed E-state index contributed by atoms with van der Waals surface area (Å²) in [5.41, 5.74) is 11.5. The summed E-state index contributed by atoms with van der Waals surface area (Å²) >= 11 is 2.15. The lowest BCUT2D eigenvalue weighted by Gasteiger charge is -2.13. The molecule has 1 amide bonds. The standard InChI is InChI=1S/C11H12IN5O2/c1-2-6(19-11(14)18)3-17-4-7(12)8-9(13)15-5-16-10(8)17/h2,4-6H,1,3H2,(H2,14,18)(H2,13,15,16). The lowest BCUT2D eigenvalue weighted by atomic mass is 10.3. The minimum absolute atomic E-state index is 0.363. The highest BCUT2D eigenvalue weighted by atomic mass is 127. The average Bonchev–Trinajstić information content (AvgIpc) is 2.66. The second-order valence-corrected chi connectivity index (χ2v) is 4.96. The number of ether oxygens (including phenoxy) is 1. The number of nitrogens with two attached hydrogens (primary N) is 2. The van der Waals surface area contributed by atoms with E-state index in [1.54, 1.807) is 0 Å². The Kier molecular flexibility index (Phi) is 3.88. The zero-order chi connectivity index (χ0) is 14.0. The van der Waals surface area contributed by atoms with Crippen molar-refractivity contribution in [3.63, 3.8) is 0 Å². The van der Waals surface area contributed by atoms with Gasteiger partial charge in [-0.2, -0.15) is 0 Å². The van der Waals surface area contributed by atoms with Gasteiger partial charge in [0.2, 0.25) is 0 Å². The number of hydrogen-bond donors (Lipinski definition) is 2. The second kappa shape index (κ2) is 5.43. The van der Waals surface area contributed by atoms with Crippen molar-refractivity contribution in [3.8, 4) is 0 Å². The SMILES string of the molecule is C=CC(Cn1cc(I)c2c(N)ncnc21)OC(N)=O. The Morgan fingerprint density at radius 3 is 3.00 bits per heavy atom. The molecule has 2 aromatic rings. The van der Waals surface area contributed by atoms with E-state index in [2.05, 4.69) is 39.1 Å². The predicted molar refractivity (Wildman–Crippen MR) is 79.3 cm³/mol. The van der Waals surface area contributed by atoms with Crippen molar-refractivity contribution in [2.24, 2.45) is 5.73 Å². The van der Waals surface area contributed by atoms with E-state index < -0.39 is 12.2 Å². The molecule has 19 heavy (non-hydrogen) atoms. The first-order valence-electron chi connectivity index (χ1n) is 5.36. The van der Waals surface area contributed by atoms with Crippen molar-refractivity contribution in [2.45, 2.75) is 12.6 Å². The maximum absolute atomic E-state index is 10.8. The number of nitrogen functional groups attached to an aromatic ring is 1. The van der Waals surface area contributed by atoms with Crippen LogP contribution in [0.1, 0.15) is 0 Å². The number of fused-ring (bicyclic) bond motifs is 1. The number of primary amides is 1. The van der Waals surface area contributed by atoms with Crippen molar-refractivity contribution in [1.29, 1.82) is 0 Å². The zero-order valence-corrected chi connectivity index (χ0v) is 12.1. The first-order valence-corrected chi connectivity index (χ1v) is 6.44. The molecule has 0 aliphatic rings. The Morgan fingerprint density at radius 1 is 1.63 bits per heavy atom. The van der Waals surface area contributed by atoms with Crippen LogP contribution in [0.5, 0.6) is 0 Å². The van der Waals surface area contributed by atoms with E-state index in [1.807, 2.05) is 10.8 Å². The molecule has 0 bridgehead atoms. The van der Waals surface area contributed by atoms with E-state index >= 15 is 0 Å². The summed E-state index contributed by atoms with van der Waals surface area (Å²) < 4.78 is 7.66. The molecule has 4 N–H and O–H groups in total. The summed E-state index contributed by atoms with van der Waals surface area (Å²) in [6.07, 6.45) is 3.39. The maximum atomic E-state index is 10.8. The molecule has 2 heterocycles. The topological polar surface area (TPSA) is 109 Å². The van der Waals surface area contributed by atoms with Crippen molar-refractivity contribution in [1.82, 2.24) is 14.5 Å². The Balaban J connectivity index is 2.38. The lowest BCUT2D eigenvalue weighted by molar-refractivity contribution is 0.121. The predicted octanol–water partition coefficient (Wildman–Crippen LogP) is 1.27. The Labute approximate surface area is 122 Å². The number of rotatable bonds is 4. The van der Waals surface area contributed by atoms with Gasteiger partial charge in [0.1, 0.15) is 23.9 Å². The fraction of sp³-hybridized carbons (Fsp3) is 0.182. The van der Waals surface area contributed by atoms with E-state index in [-0.39, 0.29) is 0 Å². The molecule has 2 rings (SSSR count). The molecule has 1 atom stereocenters. The quantitative estimate of drug-likeness (QED) is 0.620.